The van der Waals surface area contributed by atoms with Crippen LogP contribution in [0.15, 0.2) is 59.2 Å². The highest BCUT2D eigenvalue weighted by molar-refractivity contribution is 6.02. The van der Waals surface area contributed by atoms with Crippen molar-refractivity contribution in [2.45, 2.75) is 6.92 Å². The van der Waals surface area contributed by atoms with Gasteiger partial charge in [-0.25, -0.2) is 0 Å². The normalized spacial score (nSPS) is 14.0. The number of hydrogen-bond acceptors (Lipinski definition) is 6. The number of aromatic nitrogens is 2. The number of carbonyl (C=O) groups is 2. The maximum atomic E-state index is 12.3. The molecule has 0 saturated carbocycles. The molecule has 8 nitrogen and oxygen atoms in total. The summed E-state index contributed by atoms with van der Waals surface area (Å²) in [5, 5.41) is 11.1. The third-order valence-electron chi connectivity index (χ3n) is 4.82. The second-order valence-electron chi connectivity index (χ2n) is 6.85. The zero-order valence-electron chi connectivity index (χ0n) is 16.0. The maximum Gasteiger partial charge on any atom is 0.289 e. The van der Waals surface area contributed by atoms with Crippen LogP contribution in [-0.2, 0) is 0 Å². The Bertz CT molecular complexity index is 976. The Balaban J connectivity index is 1.34. The standard InChI is InChI=1S/C21H21N5O3/c1-15-4-6-16(7-5-15)22-20(27)17-8-9-19(24-23-17)25-10-12-26(13-11-25)21(28)18-3-2-14-29-18/h2-9,14H,10-13H2,1H3,(H,22,27). The molecule has 148 valence electrons. The second-order valence-corrected chi connectivity index (χ2v) is 6.85. The Hall–Kier alpha value is -3.68. The van der Waals surface area contributed by atoms with Crippen molar-refractivity contribution in [2.75, 3.05) is 36.4 Å². The molecule has 4 rings (SSSR count). The van der Waals surface area contributed by atoms with E-state index in [2.05, 4.69) is 15.5 Å². The molecule has 3 aromatic rings. The van der Waals surface area contributed by atoms with Gasteiger partial charge in [0.25, 0.3) is 11.8 Å². The van der Waals surface area contributed by atoms with E-state index in [0.29, 0.717) is 43.4 Å². The van der Waals surface area contributed by atoms with Crippen molar-refractivity contribution in [2.24, 2.45) is 0 Å². The molecule has 1 aliphatic heterocycles. The SMILES string of the molecule is Cc1ccc(NC(=O)c2ccc(N3CCN(C(=O)c4ccco4)CC3)nn2)cc1. The van der Waals surface area contributed by atoms with Gasteiger partial charge in [0.1, 0.15) is 0 Å². The molecule has 0 aliphatic carbocycles. The van der Waals surface area contributed by atoms with Gasteiger partial charge < -0.3 is 19.5 Å². The zero-order chi connectivity index (χ0) is 20.2. The lowest BCUT2D eigenvalue weighted by Crippen LogP contribution is -2.49. The van der Waals surface area contributed by atoms with Crippen LogP contribution in [0.25, 0.3) is 0 Å². The van der Waals surface area contributed by atoms with Gasteiger partial charge in [0.15, 0.2) is 17.3 Å². The third kappa shape index (κ3) is 4.26. The highest BCUT2D eigenvalue weighted by atomic mass is 16.3. The van der Waals surface area contributed by atoms with Crippen LogP contribution in [0.4, 0.5) is 11.5 Å². The highest BCUT2D eigenvalue weighted by Gasteiger charge is 2.24. The van der Waals surface area contributed by atoms with Gasteiger partial charge in [-0.2, -0.15) is 0 Å². The van der Waals surface area contributed by atoms with E-state index in [1.165, 1.54) is 6.26 Å². The molecule has 1 saturated heterocycles. The van der Waals surface area contributed by atoms with E-state index >= 15 is 0 Å². The summed E-state index contributed by atoms with van der Waals surface area (Å²) in [5.74, 6) is 0.620. The number of rotatable bonds is 4. The molecule has 1 N–H and O–H groups in total. The van der Waals surface area contributed by atoms with E-state index in [1.54, 1.807) is 29.2 Å². The van der Waals surface area contributed by atoms with E-state index < -0.39 is 0 Å². The molecular weight excluding hydrogens is 370 g/mol. The summed E-state index contributed by atoms with van der Waals surface area (Å²) in [5.41, 5.74) is 2.09. The van der Waals surface area contributed by atoms with Crippen LogP contribution in [0, 0.1) is 6.92 Å². The van der Waals surface area contributed by atoms with Gasteiger partial charge in [-0.05, 0) is 43.3 Å². The Morgan fingerprint density at radius 2 is 1.72 bits per heavy atom. The van der Waals surface area contributed by atoms with E-state index in [0.717, 1.165) is 5.56 Å². The largest absolute Gasteiger partial charge is 0.459 e. The van der Waals surface area contributed by atoms with Crippen LogP contribution in [0.3, 0.4) is 0 Å². The Morgan fingerprint density at radius 3 is 2.34 bits per heavy atom. The molecule has 1 aromatic carbocycles. The van der Waals surface area contributed by atoms with E-state index in [1.807, 2.05) is 36.1 Å². The monoisotopic (exact) mass is 391 g/mol. The smallest absolute Gasteiger partial charge is 0.289 e. The third-order valence-corrected chi connectivity index (χ3v) is 4.82. The average molecular weight is 391 g/mol. The van der Waals surface area contributed by atoms with Crippen molar-refractivity contribution in [1.82, 2.24) is 15.1 Å². The predicted octanol–water partition coefficient (Wildman–Crippen LogP) is 2.59. The fraction of sp³-hybridized carbons (Fsp3) is 0.238. The quantitative estimate of drug-likeness (QED) is 0.735. The lowest BCUT2D eigenvalue weighted by atomic mass is 10.2. The lowest BCUT2D eigenvalue weighted by molar-refractivity contribution is 0.0714. The molecule has 3 heterocycles. The van der Waals surface area contributed by atoms with Crippen LogP contribution in [0.5, 0.6) is 0 Å². The molecule has 2 aromatic heterocycles. The van der Waals surface area contributed by atoms with Gasteiger partial charge in [-0.15, -0.1) is 10.2 Å². The van der Waals surface area contributed by atoms with Gasteiger partial charge in [0.05, 0.1) is 6.26 Å². The Kier molecular flexibility index (Phi) is 5.24. The topological polar surface area (TPSA) is 91.6 Å². The number of aryl methyl sites for hydroxylation is 1. The highest BCUT2D eigenvalue weighted by Crippen LogP contribution is 2.16. The first-order valence-corrected chi connectivity index (χ1v) is 9.39. The second kappa shape index (κ2) is 8.14. The zero-order valence-corrected chi connectivity index (χ0v) is 16.0. The number of carbonyl (C=O) groups excluding carboxylic acids is 2. The van der Waals surface area contributed by atoms with Gasteiger partial charge in [0.2, 0.25) is 0 Å². The maximum absolute atomic E-state index is 12.3. The molecule has 0 bridgehead atoms. The average Bonchev–Trinajstić information content (AvgIpc) is 3.30. The van der Waals surface area contributed by atoms with Crippen molar-refractivity contribution in [3.63, 3.8) is 0 Å². The van der Waals surface area contributed by atoms with Crippen LogP contribution < -0.4 is 10.2 Å². The first kappa shape index (κ1) is 18.7. The fourth-order valence-corrected chi connectivity index (χ4v) is 3.14. The number of nitrogens with one attached hydrogen (secondary N) is 1. The minimum atomic E-state index is -0.304. The van der Waals surface area contributed by atoms with Crippen LogP contribution in [0.2, 0.25) is 0 Å². The van der Waals surface area contributed by atoms with Crippen molar-refractivity contribution in [1.29, 1.82) is 0 Å². The van der Waals surface area contributed by atoms with Crippen molar-refractivity contribution in [3.05, 3.63) is 71.8 Å². The van der Waals surface area contributed by atoms with Crippen LogP contribution in [-0.4, -0.2) is 53.1 Å². The molecule has 0 spiro atoms. The summed E-state index contributed by atoms with van der Waals surface area (Å²) in [6.07, 6.45) is 1.50. The van der Waals surface area contributed by atoms with Crippen molar-refractivity contribution >= 4 is 23.3 Å². The first-order valence-electron chi connectivity index (χ1n) is 9.39. The number of furan rings is 1. The number of piperazine rings is 1. The minimum absolute atomic E-state index is 0.108. The predicted molar refractivity (Wildman–Crippen MR) is 108 cm³/mol. The molecular formula is C21H21N5O3. The molecule has 0 atom stereocenters. The summed E-state index contributed by atoms with van der Waals surface area (Å²) in [7, 11) is 0. The molecule has 2 amide bonds. The number of amides is 2. The number of hydrogen-bond donors (Lipinski definition) is 1. The fourth-order valence-electron chi connectivity index (χ4n) is 3.14. The lowest BCUT2D eigenvalue weighted by Gasteiger charge is -2.34. The van der Waals surface area contributed by atoms with E-state index in [4.69, 9.17) is 4.42 Å². The van der Waals surface area contributed by atoms with Crippen molar-refractivity contribution < 1.29 is 14.0 Å². The summed E-state index contributed by atoms with van der Waals surface area (Å²) in [6, 6.07) is 14.4. The first-order chi connectivity index (χ1) is 14.1. The molecule has 0 unspecified atom stereocenters. The molecule has 8 heteroatoms. The van der Waals surface area contributed by atoms with Gasteiger partial charge >= 0.3 is 0 Å². The van der Waals surface area contributed by atoms with Gasteiger partial charge in [0, 0.05) is 31.9 Å². The van der Waals surface area contributed by atoms with E-state index in [-0.39, 0.29) is 17.5 Å². The van der Waals surface area contributed by atoms with Crippen LogP contribution in [0.1, 0.15) is 26.6 Å². The van der Waals surface area contributed by atoms with E-state index in [9.17, 15) is 9.59 Å². The van der Waals surface area contributed by atoms with Gasteiger partial charge in [-0.3, -0.25) is 9.59 Å². The summed E-state index contributed by atoms with van der Waals surface area (Å²) in [6.45, 7) is 4.39. The number of anilines is 2. The summed E-state index contributed by atoms with van der Waals surface area (Å²) in [4.78, 5) is 28.5. The molecule has 29 heavy (non-hydrogen) atoms. The van der Waals surface area contributed by atoms with Crippen LogP contribution >= 0.6 is 0 Å². The Labute approximate surface area is 168 Å². The summed E-state index contributed by atoms with van der Waals surface area (Å²) >= 11 is 0. The number of nitrogens with zero attached hydrogens (tertiary/aromatic N) is 4. The Morgan fingerprint density at radius 1 is 0.966 bits per heavy atom. The summed E-state index contributed by atoms with van der Waals surface area (Å²) < 4.78 is 5.18. The number of benzene rings is 1. The molecule has 1 aliphatic rings. The molecule has 0 radical (unpaired) electrons. The minimum Gasteiger partial charge on any atom is -0.459 e. The van der Waals surface area contributed by atoms with Crippen molar-refractivity contribution in [3.8, 4) is 0 Å². The molecule has 1 fully saturated rings. The van der Waals surface area contributed by atoms with Gasteiger partial charge in [-0.1, -0.05) is 17.7 Å².